The molecular formula is C34H26Br2F6N4O5. The first-order valence-electron chi connectivity index (χ1n) is 14.9. The van der Waals surface area contributed by atoms with Gasteiger partial charge in [-0.05, 0) is 92.2 Å². The van der Waals surface area contributed by atoms with Gasteiger partial charge in [0.2, 0.25) is 0 Å². The van der Waals surface area contributed by atoms with Crippen LogP contribution >= 0.6 is 31.9 Å². The van der Waals surface area contributed by atoms with Crippen molar-refractivity contribution in [2.45, 2.75) is 37.0 Å². The number of carbonyl (C=O) groups excluding carboxylic acids is 4. The fourth-order valence-electron chi connectivity index (χ4n) is 5.17. The molecule has 9 nitrogen and oxygen atoms in total. The number of nitrogens with one attached hydrogen (secondary N) is 1. The Bertz CT molecular complexity index is 1820. The Labute approximate surface area is 303 Å². The average molecular weight is 844 g/mol. The van der Waals surface area contributed by atoms with Gasteiger partial charge in [0.1, 0.15) is 9.21 Å². The number of amides is 4. The molecule has 2 aromatic carbocycles. The minimum Gasteiger partial charge on any atom is -0.396 e. The molecule has 268 valence electrons. The molecule has 4 heterocycles. The molecule has 0 radical (unpaired) electrons. The molecule has 0 bridgehead atoms. The van der Waals surface area contributed by atoms with Crippen LogP contribution in [0, 0.1) is 0 Å². The average Bonchev–Trinajstić information content (AvgIpc) is 3.51. The number of carbonyl (C=O) groups is 4. The van der Waals surface area contributed by atoms with E-state index in [1.165, 1.54) is 36.4 Å². The number of hydrogen-bond donors (Lipinski definition) is 2. The third-order valence-electron chi connectivity index (χ3n) is 7.68. The number of hydrogen-bond acceptors (Lipinski definition) is 7. The number of imide groups is 2. The van der Waals surface area contributed by atoms with Crippen molar-refractivity contribution in [2.75, 3.05) is 13.2 Å². The van der Waals surface area contributed by atoms with E-state index in [1.807, 2.05) is 0 Å². The molecule has 2 atom stereocenters. The summed E-state index contributed by atoms with van der Waals surface area (Å²) in [6.07, 6.45) is -7.31. The van der Waals surface area contributed by atoms with E-state index in [-0.39, 0.29) is 47.0 Å². The van der Waals surface area contributed by atoms with E-state index in [1.54, 1.807) is 36.4 Å². The number of rotatable bonds is 7. The normalized spacial score (nSPS) is 14.8. The number of aromatic nitrogens is 2. The summed E-state index contributed by atoms with van der Waals surface area (Å²) in [6, 6.07) is 18.5. The Morgan fingerprint density at radius 1 is 0.627 bits per heavy atom. The van der Waals surface area contributed by atoms with Crippen LogP contribution in [0.3, 0.4) is 0 Å². The first kappa shape index (κ1) is 39.3. The van der Waals surface area contributed by atoms with Gasteiger partial charge in [0.25, 0.3) is 23.6 Å². The number of alkyl halides is 6. The van der Waals surface area contributed by atoms with Gasteiger partial charge >= 0.3 is 12.4 Å². The van der Waals surface area contributed by atoms with Gasteiger partial charge in [-0.3, -0.25) is 29.4 Å². The Morgan fingerprint density at radius 3 is 1.37 bits per heavy atom. The predicted molar refractivity (Wildman–Crippen MR) is 178 cm³/mol. The molecule has 6 rings (SSSR count). The zero-order valence-corrected chi connectivity index (χ0v) is 29.2. The molecule has 0 spiro atoms. The molecule has 2 aliphatic heterocycles. The molecule has 17 heteroatoms. The largest absolute Gasteiger partial charge is 0.396 e. The second kappa shape index (κ2) is 16.7. The van der Waals surface area contributed by atoms with Gasteiger partial charge in [-0.1, -0.05) is 36.4 Å². The standard InChI is InChI=1S/C17H12BrF3N2O2.C9H9BrF3NO.C8H5NO2/c18-14-6-5-10(9-22-14)13(17(19,20)21)7-8-23-15(24)11-3-1-2-4-12(11)16(23)25;10-8-2-1-6(5-14-8)7(3-4-15)9(11,12)13;10-7-5-3-1-2-4-6(5)8(11)9-7/h1-6,9,13H,7-8H2;1-2,5,7,15H,3-4H2;1-4H,(H,9,10,11). The van der Waals surface area contributed by atoms with Crippen LogP contribution in [-0.2, 0) is 0 Å². The van der Waals surface area contributed by atoms with Crippen molar-refractivity contribution >= 4 is 55.5 Å². The van der Waals surface area contributed by atoms with Crippen molar-refractivity contribution in [3.63, 3.8) is 0 Å². The highest BCUT2D eigenvalue weighted by Crippen LogP contribution is 2.39. The second-order valence-electron chi connectivity index (χ2n) is 11.0. The Balaban J connectivity index is 0.000000190. The second-order valence-corrected chi connectivity index (χ2v) is 12.6. The number of fused-ring (bicyclic) bond motifs is 2. The molecule has 51 heavy (non-hydrogen) atoms. The lowest BCUT2D eigenvalue weighted by Crippen LogP contribution is -2.33. The highest BCUT2D eigenvalue weighted by Gasteiger charge is 2.43. The minimum absolute atomic E-state index is 0.00712. The van der Waals surface area contributed by atoms with Crippen LogP contribution in [0.2, 0.25) is 0 Å². The third-order valence-corrected chi connectivity index (χ3v) is 8.61. The van der Waals surface area contributed by atoms with Gasteiger partial charge in [-0.25, -0.2) is 9.97 Å². The molecule has 0 saturated carbocycles. The molecule has 2 aliphatic rings. The highest BCUT2D eigenvalue weighted by molar-refractivity contribution is 9.10. The lowest BCUT2D eigenvalue weighted by Gasteiger charge is -2.23. The van der Waals surface area contributed by atoms with Crippen LogP contribution in [0.1, 0.15) is 77.2 Å². The minimum atomic E-state index is -4.51. The van der Waals surface area contributed by atoms with Crippen LogP contribution in [0.4, 0.5) is 26.3 Å². The highest BCUT2D eigenvalue weighted by atomic mass is 79.9. The molecule has 2 N–H and O–H groups in total. The number of halogens is 8. The van der Waals surface area contributed by atoms with Crippen molar-refractivity contribution in [3.05, 3.63) is 128 Å². The molecule has 2 unspecified atom stereocenters. The topological polar surface area (TPSA) is 130 Å². The van der Waals surface area contributed by atoms with E-state index in [9.17, 15) is 45.5 Å². The smallest absolute Gasteiger partial charge is 0.395 e. The first-order chi connectivity index (χ1) is 24.0. The summed E-state index contributed by atoms with van der Waals surface area (Å²) >= 11 is 6.12. The third kappa shape index (κ3) is 9.86. The maximum absolute atomic E-state index is 13.4. The monoisotopic (exact) mass is 842 g/mol. The number of aliphatic hydroxyl groups excluding tert-OH is 1. The van der Waals surface area contributed by atoms with Crippen LogP contribution in [0.15, 0.2) is 94.4 Å². The van der Waals surface area contributed by atoms with E-state index >= 15 is 0 Å². The Morgan fingerprint density at radius 2 is 1.02 bits per heavy atom. The Kier molecular flexibility index (Phi) is 12.9. The summed E-state index contributed by atoms with van der Waals surface area (Å²) in [7, 11) is 0. The quantitative estimate of drug-likeness (QED) is 0.111. The molecule has 4 aromatic rings. The Hall–Kier alpha value is -4.48. The molecule has 0 fully saturated rings. The summed E-state index contributed by atoms with van der Waals surface area (Å²) < 4.78 is 78.8. The summed E-state index contributed by atoms with van der Waals surface area (Å²) in [4.78, 5) is 54.8. The van der Waals surface area contributed by atoms with Gasteiger partial charge in [-0.2, -0.15) is 26.3 Å². The number of benzene rings is 2. The fraction of sp³-hybridized carbons (Fsp3) is 0.235. The van der Waals surface area contributed by atoms with E-state index in [0.717, 1.165) is 17.3 Å². The number of pyridine rings is 2. The molecule has 2 aromatic heterocycles. The summed E-state index contributed by atoms with van der Waals surface area (Å²) in [6.45, 7) is -0.813. The molecule has 0 aliphatic carbocycles. The predicted octanol–water partition coefficient (Wildman–Crippen LogP) is 7.62. The maximum Gasteiger partial charge on any atom is 0.395 e. The van der Waals surface area contributed by atoms with Gasteiger partial charge in [-0.15, -0.1) is 0 Å². The van der Waals surface area contributed by atoms with Crippen LogP contribution in [-0.4, -0.2) is 69.1 Å². The zero-order chi connectivity index (χ0) is 37.5. The van der Waals surface area contributed by atoms with Gasteiger partial charge in [0.15, 0.2) is 0 Å². The molecule has 0 saturated heterocycles. The van der Waals surface area contributed by atoms with Crippen molar-refractivity contribution < 1.29 is 50.6 Å². The SMILES string of the molecule is O=C1NC(=O)c2ccccc21.O=C1c2ccccc2C(=O)N1CCC(c1ccc(Br)nc1)C(F)(F)F.OCCC(c1ccc(Br)nc1)C(F)(F)F. The fourth-order valence-corrected chi connectivity index (χ4v) is 5.64. The summed E-state index contributed by atoms with van der Waals surface area (Å²) in [5, 5.41) is 10.8. The van der Waals surface area contributed by atoms with E-state index in [0.29, 0.717) is 20.3 Å². The lowest BCUT2D eigenvalue weighted by molar-refractivity contribution is -0.154. The van der Waals surface area contributed by atoms with Gasteiger partial charge < -0.3 is 5.11 Å². The number of aliphatic hydroxyl groups is 1. The maximum atomic E-state index is 13.4. The van der Waals surface area contributed by atoms with Gasteiger partial charge in [0, 0.05) is 25.5 Å². The van der Waals surface area contributed by atoms with E-state index < -0.39 is 49.0 Å². The summed E-state index contributed by atoms with van der Waals surface area (Å²) in [5.74, 6) is -5.18. The van der Waals surface area contributed by atoms with Crippen molar-refractivity contribution in [2.24, 2.45) is 0 Å². The van der Waals surface area contributed by atoms with Crippen LogP contribution in [0.25, 0.3) is 0 Å². The van der Waals surface area contributed by atoms with Crippen molar-refractivity contribution in [1.29, 1.82) is 0 Å². The lowest BCUT2D eigenvalue weighted by atomic mass is 9.96. The van der Waals surface area contributed by atoms with E-state index in [4.69, 9.17) is 5.11 Å². The van der Waals surface area contributed by atoms with Crippen molar-refractivity contribution in [3.8, 4) is 0 Å². The van der Waals surface area contributed by atoms with Crippen LogP contribution < -0.4 is 5.32 Å². The zero-order valence-electron chi connectivity index (χ0n) is 26.0. The summed E-state index contributed by atoms with van der Waals surface area (Å²) in [5.41, 5.74) is 1.45. The van der Waals surface area contributed by atoms with Crippen molar-refractivity contribution in [1.82, 2.24) is 20.2 Å². The van der Waals surface area contributed by atoms with Gasteiger partial charge in [0.05, 0.1) is 34.1 Å². The number of nitrogens with zero attached hydrogens (tertiary/aromatic N) is 3. The first-order valence-corrected chi connectivity index (χ1v) is 16.5. The molecular weight excluding hydrogens is 818 g/mol. The van der Waals surface area contributed by atoms with E-state index in [2.05, 4.69) is 47.1 Å². The van der Waals surface area contributed by atoms with Crippen LogP contribution in [0.5, 0.6) is 0 Å². The molecule has 4 amide bonds.